The fourth-order valence-electron chi connectivity index (χ4n) is 2.27. The third kappa shape index (κ3) is 2.40. The molecular weight excluding hydrogens is 232 g/mol. The van der Waals surface area contributed by atoms with Gasteiger partial charge < -0.3 is 10.8 Å². The van der Waals surface area contributed by atoms with E-state index in [2.05, 4.69) is 4.99 Å². The van der Waals surface area contributed by atoms with Crippen LogP contribution in [0.4, 0.5) is 0 Å². The zero-order valence-corrected chi connectivity index (χ0v) is 9.80. The van der Waals surface area contributed by atoms with Crippen molar-refractivity contribution >= 4 is 17.6 Å². The zero-order valence-electron chi connectivity index (χ0n) is 9.80. The number of aliphatic carboxylic acids is 1. The topological polar surface area (TPSA) is 92.8 Å². The number of carboxylic acids is 1. The molecule has 2 rings (SSSR count). The van der Waals surface area contributed by atoms with Gasteiger partial charge in [0.05, 0.1) is 6.42 Å². The maximum atomic E-state index is 11.4. The van der Waals surface area contributed by atoms with Crippen molar-refractivity contribution in [1.29, 1.82) is 0 Å². The van der Waals surface area contributed by atoms with Crippen LogP contribution in [0.3, 0.4) is 0 Å². The highest BCUT2D eigenvalue weighted by atomic mass is 16.4. The Hall–Kier alpha value is -2.17. The van der Waals surface area contributed by atoms with Crippen molar-refractivity contribution in [2.75, 3.05) is 6.54 Å². The van der Waals surface area contributed by atoms with Crippen molar-refractivity contribution in [1.82, 2.24) is 0 Å². The van der Waals surface area contributed by atoms with Crippen LogP contribution in [0.25, 0.3) is 0 Å². The standard InChI is InChI=1S/C13H14N2O3/c14-13(18)12-10-4-2-1-3-9(10)8(5-6-15-12)7-11(16)17/h1-4,8H,5-7H2,(H2,14,18)(H,16,17). The van der Waals surface area contributed by atoms with Crippen LogP contribution in [0.5, 0.6) is 0 Å². The maximum Gasteiger partial charge on any atom is 0.303 e. The molecule has 0 saturated heterocycles. The second kappa shape index (κ2) is 5.00. The normalized spacial score (nSPS) is 18.4. The Morgan fingerprint density at radius 1 is 1.39 bits per heavy atom. The number of carbonyl (C=O) groups excluding carboxylic acids is 1. The van der Waals surface area contributed by atoms with Gasteiger partial charge in [0.2, 0.25) is 0 Å². The van der Waals surface area contributed by atoms with Gasteiger partial charge in [-0.15, -0.1) is 0 Å². The molecule has 5 heteroatoms. The number of carbonyl (C=O) groups is 2. The number of rotatable bonds is 3. The number of carboxylic acid groups (broad SMARTS) is 1. The van der Waals surface area contributed by atoms with E-state index >= 15 is 0 Å². The molecule has 1 atom stereocenters. The number of benzene rings is 1. The highest BCUT2D eigenvalue weighted by molar-refractivity contribution is 6.45. The minimum Gasteiger partial charge on any atom is -0.481 e. The predicted octanol–water partition coefficient (Wildman–Crippen LogP) is 0.923. The number of hydrogen-bond donors (Lipinski definition) is 2. The van der Waals surface area contributed by atoms with E-state index in [-0.39, 0.29) is 18.1 Å². The largest absolute Gasteiger partial charge is 0.481 e. The number of nitrogens with two attached hydrogens (primary N) is 1. The summed E-state index contributed by atoms with van der Waals surface area (Å²) in [6, 6.07) is 7.23. The van der Waals surface area contributed by atoms with E-state index in [1.54, 1.807) is 12.1 Å². The fraction of sp³-hybridized carbons (Fsp3) is 0.308. The number of primary amides is 1. The van der Waals surface area contributed by atoms with Crippen LogP contribution in [-0.4, -0.2) is 29.2 Å². The van der Waals surface area contributed by atoms with Gasteiger partial charge in [-0.3, -0.25) is 14.6 Å². The fourth-order valence-corrected chi connectivity index (χ4v) is 2.27. The number of amides is 1. The molecule has 1 amide bonds. The molecule has 1 aromatic rings. The molecule has 94 valence electrons. The second-order valence-electron chi connectivity index (χ2n) is 4.27. The monoisotopic (exact) mass is 246 g/mol. The van der Waals surface area contributed by atoms with Gasteiger partial charge in [0.25, 0.3) is 5.91 Å². The lowest BCUT2D eigenvalue weighted by Gasteiger charge is -2.15. The first-order valence-corrected chi connectivity index (χ1v) is 5.75. The molecule has 18 heavy (non-hydrogen) atoms. The average molecular weight is 246 g/mol. The summed E-state index contributed by atoms with van der Waals surface area (Å²) in [6.45, 7) is 0.422. The summed E-state index contributed by atoms with van der Waals surface area (Å²) >= 11 is 0. The number of nitrogens with zero attached hydrogens (tertiary/aromatic N) is 1. The van der Waals surface area contributed by atoms with Gasteiger partial charge in [-0.05, 0) is 17.9 Å². The van der Waals surface area contributed by atoms with E-state index < -0.39 is 11.9 Å². The van der Waals surface area contributed by atoms with E-state index in [9.17, 15) is 9.59 Å². The first-order chi connectivity index (χ1) is 8.59. The van der Waals surface area contributed by atoms with Crippen molar-refractivity contribution in [2.24, 2.45) is 10.7 Å². The predicted molar refractivity (Wildman–Crippen MR) is 66.7 cm³/mol. The third-order valence-corrected chi connectivity index (χ3v) is 3.06. The van der Waals surface area contributed by atoms with Crippen LogP contribution in [0, 0.1) is 0 Å². The Kier molecular flexibility index (Phi) is 3.41. The first-order valence-electron chi connectivity index (χ1n) is 5.75. The van der Waals surface area contributed by atoms with E-state index in [1.807, 2.05) is 12.1 Å². The lowest BCUT2D eigenvalue weighted by atomic mass is 9.88. The van der Waals surface area contributed by atoms with Crippen molar-refractivity contribution in [3.8, 4) is 0 Å². The van der Waals surface area contributed by atoms with Crippen molar-refractivity contribution < 1.29 is 14.7 Å². The minimum absolute atomic E-state index is 0.0403. The molecule has 0 saturated carbocycles. The molecule has 3 N–H and O–H groups in total. The molecule has 0 bridgehead atoms. The molecule has 0 fully saturated rings. The van der Waals surface area contributed by atoms with Crippen LogP contribution >= 0.6 is 0 Å². The summed E-state index contributed by atoms with van der Waals surface area (Å²) in [4.78, 5) is 26.4. The Morgan fingerprint density at radius 3 is 2.78 bits per heavy atom. The van der Waals surface area contributed by atoms with E-state index in [0.29, 0.717) is 18.5 Å². The zero-order chi connectivity index (χ0) is 13.1. The van der Waals surface area contributed by atoms with E-state index in [1.165, 1.54) is 0 Å². The van der Waals surface area contributed by atoms with Crippen molar-refractivity contribution in [2.45, 2.75) is 18.8 Å². The summed E-state index contributed by atoms with van der Waals surface area (Å²) < 4.78 is 0. The Balaban J connectivity index is 2.46. The second-order valence-corrected chi connectivity index (χ2v) is 4.27. The van der Waals surface area contributed by atoms with Gasteiger partial charge in [0.15, 0.2) is 0 Å². The molecule has 1 heterocycles. The maximum absolute atomic E-state index is 11.4. The quantitative estimate of drug-likeness (QED) is 0.830. The summed E-state index contributed by atoms with van der Waals surface area (Å²) in [7, 11) is 0. The highest BCUT2D eigenvalue weighted by Gasteiger charge is 2.24. The highest BCUT2D eigenvalue weighted by Crippen LogP contribution is 2.29. The lowest BCUT2D eigenvalue weighted by molar-refractivity contribution is -0.137. The van der Waals surface area contributed by atoms with Gasteiger partial charge >= 0.3 is 5.97 Å². The molecule has 0 spiro atoms. The number of hydrogen-bond acceptors (Lipinski definition) is 3. The van der Waals surface area contributed by atoms with Crippen LogP contribution in [-0.2, 0) is 9.59 Å². The molecule has 1 unspecified atom stereocenters. The third-order valence-electron chi connectivity index (χ3n) is 3.06. The first kappa shape index (κ1) is 12.3. The van der Waals surface area contributed by atoms with Crippen LogP contribution < -0.4 is 5.73 Å². The van der Waals surface area contributed by atoms with E-state index in [4.69, 9.17) is 10.8 Å². The van der Waals surface area contributed by atoms with Crippen molar-refractivity contribution in [3.63, 3.8) is 0 Å². The van der Waals surface area contributed by atoms with Crippen molar-refractivity contribution in [3.05, 3.63) is 35.4 Å². The lowest BCUT2D eigenvalue weighted by Crippen LogP contribution is -2.25. The Labute approximate surface area is 104 Å². The van der Waals surface area contributed by atoms with Gasteiger partial charge in [-0.25, -0.2) is 0 Å². The summed E-state index contributed by atoms with van der Waals surface area (Å²) in [5.74, 6) is -1.55. The summed E-state index contributed by atoms with van der Waals surface area (Å²) in [5.41, 5.74) is 7.06. The number of aliphatic imine (C=N–C) groups is 1. The van der Waals surface area contributed by atoms with Gasteiger partial charge in [-0.2, -0.15) is 0 Å². The SMILES string of the molecule is NC(=O)C1=NCCC(CC(=O)O)c2ccccc21. The average Bonchev–Trinajstić information content (AvgIpc) is 2.49. The molecule has 1 aliphatic heterocycles. The summed E-state index contributed by atoms with van der Waals surface area (Å²) in [5, 5.41) is 8.93. The Bertz CT molecular complexity index is 523. The van der Waals surface area contributed by atoms with Crippen LogP contribution in [0.2, 0.25) is 0 Å². The molecule has 1 aromatic carbocycles. The minimum atomic E-state index is -0.850. The molecule has 0 aliphatic carbocycles. The smallest absolute Gasteiger partial charge is 0.303 e. The van der Waals surface area contributed by atoms with E-state index in [0.717, 1.165) is 5.56 Å². The molecule has 5 nitrogen and oxygen atoms in total. The van der Waals surface area contributed by atoms with Gasteiger partial charge in [0.1, 0.15) is 5.71 Å². The van der Waals surface area contributed by atoms with Gasteiger partial charge in [0, 0.05) is 12.1 Å². The summed E-state index contributed by atoms with van der Waals surface area (Å²) in [6.07, 6.45) is 0.651. The van der Waals surface area contributed by atoms with Crippen LogP contribution in [0.1, 0.15) is 29.9 Å². The molecule has 0 aromatic heterocycles. The Morgan fingerprint density at radius 2 is 2.11 bits per heavy atom. The molecular formula is C13H14N2O3. The van der Waals surface area contributed by atoms with Gasteiger partial charge in [-0.1, -0.05) is 24.3 Å². The van der Waals surface area contributed by atoms with Crippen LogP contribution in [0.15, 0.2) is 29.3 Å². The molecule has 0 radical (unpaired) electrons. The molecule has 1 aliphatic rings. The number of fused-ring (bicyclic) bond motifs is 1.